The van der Waals surface area contributed by atoms with Crippen LogP contribution in [0.2, 0.25) is 0 Å². The summed E-state index contributed by atoms with van der Waals surface area (Å²) < 4.78 is 10.1. The molecule has 0 saturated carbocycles. The summed E-state index contributed by atoms with van der Waals surface area (Å²) in [6.45, 7) is 8.68. The zero-order valence-corrected chi connectivity index (χ0v) is 14.3. The molecule has 0 N–H and O–H groups in total. The number of carbonyl (C=O) groups is 2. The summed E-state index contributed by atoms with van der Waals surface area (Å²) in [5.41, 5.74) is 3.29. The Labute approximate surface area is 137 Å². The van der Waals surface area contributed by atoms with Gasteiger partial charge in [0.05, 0.1) is 13.0 Å². The second kappa shape index (κ2) is 7.49. The van der Waals surface area contributed by atoms with E-state index in [2.05, 4.69) is 6.07 Å². The van der Waals surface area contributed by atoms with Crippen molar-refractivity contribution in [2.24, 2.45) is 5.92 Å². The van der Waals surface area contributed by atoms with Gasteiger partial charge in [0.1, 0.15) is 0 Å². The lowest BCUT2D eigenvalue weighted by atomic mass is 10.0. The van der Waals surface area contributed by atoms with Gasteiger partial charge in [-0.1, -0.05) is 30.7 Å². The van der Waals surface area contributed by atoms with Crippen molar-refractivity contribution in [2.45, 2.75) is 46.8 Å². The van der Waals surface area contributed by atoms with Crippen LogP contribution in [0.15, 0.2) is 18.2 Å². The van der Waals surface area contributed by atoms with Crippen LogP contribution in [0.1, 0.15) is 37.0 Å². The van der Waals surface area contributed by atoms with E-state index in [1.54, 1.807) is 11.8 Å². The maximum Gasteiger partial charge on any atom is 0.510 e. The highest BCUT2D eigenvalue weighted by molar-refractivity contribution is 5.80. The Hall–Kier alpha value is -2.04. The minimum Gasteiger partial charge on any atom is -0.435 e. The molecule has 1 amide bonds. The van der Waals surface area contributed by atoms with Crippen molar-refractivity contribution < 1.29 is 19.1 Å². The molecule has 0 aliphatic carbocycles. The van der Waals surface area contributed by atoms with Gasteiger partial charge in [0.25, 0.3) is 0 Å². The lowest BCUT2D eigenvalue weighted by Crippen LogP contribution is -2.39. The highest BCUT2D eigenvalue weighted by Gasteiger charge is 2.36. The smallest absolute Gasteiger partial charge is 0.435 e. The van der Waals surface area contributed by atoms with Gasteiger partial charge in [-0.25, -0.2) is 4.79 Å². The standard InChI is InChI=1S/C18H25NO4/c1-5-22-18(21)23-17-9-13(3)11-19(17)16(20)10-15-7-6-12(2)8-14(15)4/h6-8,13,17H,5,9-11H2,1-4H3. The predicted molar refractivity (Wildman–Crippen MR) is 87.0 cm³/mol. The maximum atomic E-state index is 12.6. The molecule has 0 radical (unpaired) electrons. The Morgan fingerprint density at radius 2 is 2.04 bits per heavy atom. The Balaban J connectivity index is 2.05. The molecule has 1 fully saturated rings. The van der Waals surface area contributed by atoms with Crippen LogP contribution in [0, 0.1) is 19.8 Å². The maximum absolute atomic E-state index is 12.6. The molecule has 1 aliphatic heterocycles. The molecule has 1 aliphatic rings. The van der Waals surface area contributed by atoms with Gasteiger partial charge in [0, 0.05) is 13.0 Å². The SMILES string of the molecule is CCOC(=O)OC1CC(C)CN1C(=O)Cc1ccc(C)cc1C. The van der Waals surface area contributed by atoms with E-state index in [1.807, 2.05) is 32.9 Å². The quantitative estimate of drug-likeness (QED) is 0.800. The summed E-state index contributed by atoms with van der Waals surface area (Å²) in [6.07, 6.45) is -0.267. The number of rotatable bonds is 4. The molecular formula is C18H25NO4. The summed E-state index contributed by atoms with van der Waals surface area (Å²) in [5.74, 6) is 0.285. The first-order valence-electron chi connectivity index (χ1n) is 8.09. The molecule has 0 bridgehead atoms. The number of benzene rings is 1. The van der Waals surface area contributed by atoms with Gasteiger partial charge in [0.2, 0.25) is 5.91 Å². The van der Waals surface area contributed by atoms with Crippen molar-refractivity contribution in [1.29, 1.82) is 0 Å². The molecule has 126 valence electrons. The molecule has 1 aromatic rings. The van der Waals surface area contributed by atoms with Crippen LogP contribution >= 0.6 is 0 Å². The van der Waals surface area contributed by atoms with E-state index in [0.717, 1.165) is 11.1 Å². The molecule has 1 heterocycles. The summed E-state index contributed by atoms with van der Waals surface area (Å²) in [4.78, 5) is 25.8. The number of amides is 1. The fourth-order valence-electron chi connectivity index (χ4n) is 2.95. The molecule has 23 heavy (non-hydrogen) atoms. The van der Waals surface area contributed by atoms with Gasteiger partial charge in [-0.15, -0.1) is 0 Å². The lowest BCUT2D eigenvalue weighted by molar-refractivity contribution is -0.138. The van der Waals surface area contributed by atoms with Crippen molar-refractivity contribution >= 4 is 12.1 Å². The van der Waals surface area contributed by atoms with Gasteiger partial charge in [-0.3, -0.25) is 4.79 Å². The zero-order valence-electron chi connectivity index (χ0n) is 14.3. The molecule has 1 saturated heterocycles. The van der Waals surface area contributed by atoms with Gasteiger partial charge < -0.3 is 14.4 Å². The third-order valence-electron chi connectivity index (χ3n) is 4.11. The molecule has 2 rings (SSSR count). The average molecular weight is 319 g/mol. The van der Waals surface area contributed by atoms with Crippen LogP contribution in [0.25, 0.3) is 0 Å². The number of hydrogen-bond acceptors (Lipinski definition) is 4. The summed E-state index contributed by atoms with van der Waals surface area (Å²) in [5, 5.41) is 0. The molecular weight excluding hydrogens is 294 g/mol. The van der Waals surface area contributed by atoms with E-state index < -0.39 is 12.4 Å². The Kier molecular flexibility index (Phi) is 5.64. The largest absolute Gasteiger partial charge is 0.510 e. The number of carbonyl (C=O) groups excluding carboxylic acids is 2. The topological polar surface area (TPSA) is 55.8 Å². The van der Waals surface area contributed by atoms with Crippen molar-refractivity contribution in [3.05, 3.63) is 34.9 Å². The van der Waals surface area contributed by atoms with E-state index in [-0.39, 0.29) is 12.5 Å². The average Bonchev–Trinajstić information content (AvgIpc) is 2.83. The Morgan fingerprint density at radius 1 is 1.30 bits per heavy atom. The van der Waals surface area contributed by atoms with Crippen LogP contribution < -0.4 is 0 Å². The first-order chi connectivity index (χ1) is 10.9. The summed E-state index contributed by atoms with van der Waals surface area (Å²) in [6, 6.07) is 6.07. The second-order valence-corrected chi connectivity index (χ2v) is 6.25. The normalized spacial score (nSPS) is 20.4. The minimum absolute atomic E-state index is 0.0180. The van der Waals surface area contributed by atoms with Crippen LogP contribution in [-0.4, -0.2) is 36.3 Å². The van der Waals surface area contributed by atoms with Crippen LogP contribution in [0.3, 0.4) is 0 Å². The number of likely N-dealkylation sites (tertiary alicyclic amines) is 1. The summed E-state index contributed by atoms with van der Waals surface area (Å²) >= 11 is 0. The van der Waals surface area contributed by atoms with Gasteiger partial charge in [0.15, 0.2) is 6.23 Å². The second-order valence-electron chi connectivity index (χ2n) is 6.25. The fraction of sp³-hybridized carbons (Fsp3) is 0.556. The monoisotopic (exact) mass is 319 g/mol. The van der Waals surface area contributed by atoms with Crippen molar-refractivity contribution in [3.63, 3.8) is 0 Å². The molecule has 1 aromatic carbocycles. The third-order valence-corrected chi connectivity index (χ3v) is 4.11. The number of nitrogens with zero attached hydrogens (tertiary/aromatic N) is 1. The highest BCUT2D eigenvalue weighted by atomic mass is 16.7. The minimum atomic E-state index is -0.712. The van der Waals surface area contributed by atoms with E-state index >= 15 is 0 Å². The number of ether oxygens (including phenoxy) is 2. The fourth-order valence-corrected chi connectivity index (χ4v) is 2.95. The number of aryl methyl sites for hydroxylation is 2. The molecule has 2 unspecified atom stereocenters. The zero-order chi connectivity index (χ0) is 17.0. The predicted octanol–water partition coefficient (Wildman–Crippen LogP) is 3.21. The van der Waals surface area contributed by atoms with Crippen molar-refractivity contribution in [1.82, 2.24) is 4.90 Å². The van der Waals surface area contributed by atoms with Crippen LogP contribution in [-0.2, 0) is 20.7 Å². The Morgan fingerprint density at radius 3 is 2.70 bits per heavy atom. The van der Waals surface area contributed by atoms with Crippen LogP contribution in [0.5, 0.6) is 0 Å². The van der Waals surface area contributed by atoms with Gasteiger partial charge in [-0.05, 0) is 37.8 Å². The molecule has 0 spiro atoms. The van der Waals surface area contributed by atoms with E-state index in [9.17, 15) is 9.59 Å². The Bertz CT molecular complexity index is 584. The van der Waals surface area contributed by atoms with E-state index in [4.69, 9.17) is 9.47 Å². The van der Waals surface area contributed by atoms with Crippen molar-refractivity contribution in [3.8, 4) is 0 Å². The molecule has 5 heteroatoms. The van der Waals surface area contributed by atoms with Gasteiger partial charge in [-0.2, -0.15) is 0 Å². The lowest BCUT2D eigenvalue weighted by Gasteiger charge is -2.24. The molecule has 0 aromatic heterocycles. The number of hydrogen-bond donors (Lipinski definition) is 0. The van der Waals surface area contributed by atoms with Crippen LogP contribution in [0.4, 0.5) is 4.79 Å². The molecule has 5 nitrogen and oxygen atoms in total. The van der Waals surface area contributed by atoms with Crippen molar-refractivity contribution in [2.75, 3.05) is 13.2 Å². The first kappa shape index (κ1) is 17.3. The summed E-state index contributed by atoms with van der Waals surface area (Å²) in [7, 11) is 0. The first-order valence-corrected chi connectivity index (χ1v) is 8.09. The highest BCUT2D eigenvalue weighted by Crippen LogP contribution is 2.25. The van der Waals surface area contributed by atoms with E-state index in [0.29, 0.717) is 25.3 Å². The molecule has 2 atom stereocenters. The van der Waals surface area contributed by atoms with E-state index in [1.165, 1.54) is 5.56 Å². The third kappa shape index (κ3) is 4.47. The van der Waals surface area contributed by atoms with Gasteiger partial charge >= 0.3 is 6.16 Å².